The van der Waals surface area contributed by atoms with Crippen molar-refractivity contribution < 1.29 is 19.3 Å². The van der Waals surface area contributed by atoms with E-state index in [2.05, 4.69) is 24.1 Å². The Morgan fingerprint density at radius 2 is 1.70 bits per heavy atom. The zero-order valence-electron chi connectivity index (χ0n) is 18.9. The summed E-state index contributed by atoms with van der Waals surface area (Å²) in [5.74, 6) is -1.24. The van der Waals surface area contributed by atoms with E-state index in [-0.39, 0.29) is 29.3 Å². The van der Waals surface area contributed by atoms with E-state index in [4.69, 9.17) is 0 Å². The Kier molecular flexibility index (Phi) is 7.76. The van der Waals surface area contributed by atoms with Crippen LogP contribution in [0.2, 0.25) is 0 Å². The molecule has 0 saturated carbocycles. The van der Waals surface area contributed by atoms with Gasteiger partial charge in [-0.15, -0.1) is 0 Å². The van der Waals surface area contributed by atoms with E-state index in [9.17, 15) is 24.5 Å². The fraction of sp³-hybridized carbons (Fsp3) is 0.375. The molecule has 1 heterocycles. The number of nitrogens with one attached hydrogen (secondary N) is 1. The van der Waals surface area contributed by atoms with Crippen molar-refractivity contribution in [2.24, 2.45) is 0 Å². The van der Waals surface area contributed by atoms with Crippen LogP contribution in [0.3, 0.4) is 0 Å². The summed E-state index contributed by atoms with van der Waals surface area (Å²) >= 11 is 0. The first-order chi connectivity index (χ1) is 15.9. The molecule has 1 aliphatic rings. The first-order valence-electron chi connectivity index (χ1n) is 11.2. The van der Waals surface area contributed by atoms with Crippen LogP contribution in [-0.4, -0.2) is 47.2 Å². The Balaban J connectivity index is 1.43. The van der Waals surface area contributed by atoms with Gasteiger partial charge in [-0.2, -0.15) is 0 Å². The molecule has 2 aromatic rings. The molecule has 0 atom stereocenters. The number of hydrogen-bond donors (Lipinski definition) is 1. The zero-order chi connectivity index (χ0) is 24.0. The molecular weight excluding hydrogens is 424 g/mol. The second-order valence-corrected chi connectivity index (χ2v) is 7.80. The van der Waals surface area contributed by atoms with Crippen LogP contribution in [0.5, 0.6) is 0 Å². The molecule has 33 heavy (non-hydrogen) atoms. The molecule has 3 rings (SSSR count). The molecule has 9 heteroatoms. The quantitative estimate of drug-likeness (QED) is 0.236. The number of rotatable bonds is 11. The standard InChI is InChI=1S/C24H28N4O5/c1-3-26(4-2)18-14-12-17(13-15-18)25-21(29)11-6-5-7-16-27-23(30)19-9-8-10-20(28(32)33)22(19)24(27)31/h8-10,12-15H,3-7,11,16H2,1-2H3,(H,25,29). The number of carbonyl (C=O) groups is 3. The molecule has 174 valence electrons. The summed E-state index contributed by atoms with van der Waals surface area (Å²) in [5, 5.41) is 14.1. The minimum atomic E-state index is -0.650. The molecule has 1 aliphatic heterocycles. The minimum absolute atomic E-state index is 0.0700. The van der Waals surface area contributed by atoms with Gasteiger partial charge in [0.2, 0.25) is 5.91 Å². The van der Waals surface area contributed by atoms with Gasteiger partial charge >= 0.3 is 0 Å². The SMILES string of the molecule is CCN(CC)c1ccc(NC(=O)CCCCCN2C(=O)c3cccc([N+](=O)[O-])c3C2=O)cc1. The van der Waals surface area contributed by atoms with Gasteiger partial charge in [0.25, 0.3) is 17.5 Å². The summed E-state index contributed by atoms with van der Waals surface area (Å²) in [6.45, 7) is 6.19. The summed E-state index contributed by atoms with van der Waals surface area (Å²) < 4.78 is 0. The maximum atomic E-state index is 12.5. The number of amides is 3. The summed E-state index contributed by atoms with van der Waals surface area (Å²) in [7, 11) is 0. The third kappa shape index (κ3) is 5.36. The average molecular weight is 453 g/mol. The second kappa shape index (κ2) is 10.7. The summed E-state index contributed by atoms with van der Waals surface area (Å²) in [4.78, 5) is 51.0. The van der Waals surface area contributed by atoms with Gasteiger partial charge in [-0.25, -0.2) is 0 Å². The number of unbranched alkanes of at least 4 members (excludes halogenated alkanes) is 2. The van der Waals surface area contributed by atoms with E-state index in [1.807, 2.05) is 24.3 Å². The summed E-state index contributed by atoms with van der Waals surface area (Å²) in [5.41, 5.74) is 1.43. The fourth-order valence-electron chi connectivity index (χ4n) is 3.97. The van der Waals surface area contributed by atoms with Crippen molar-refractivity contribution in [3.8, 4) is 0 Å². The van der Waals surface area contributed by atoms with Gasteiger partial charge in [0.15, 0.2) is 0 Å². The highest BCUT2D eigenvalue weighted by atomic mass is 16.6. The maximum absolute atomic E-state index is 12.5. The Hall–Kier alpha value is -3.75. The van der Waals surface area contributed by atoms with Crippen molar-refractivity contribution in [3.63, 3.8) is 0 Å². The van der Waals surface area contributed by atoms with Crippen molar-refractivity contribution in [1.29, 1.82) is 0 Å². The highest BCUT2D eigenvalue weighted by Crippen LogP contribution is 2.30. The van der Waals surface area contributed by atoms with Gasteiger partial charge in [-0.3, -0.25) is 29.4 Å². The average Bonchev–Trinajstić information content (AvgIpc) is 3.05. The molecule has 2 aromatic carbocycles. The number of nitrogens with zero attached hydrogens (tertiary/aromatic N) is 3. The second-order valence-electron chi connectivity index (χ2n) is 7.80. The molecule has 1 N–H and O–H groups in total. The third-order valence-corrected chi connectivity index (χ3v) is 5.74. The molecule has 0 fully saturated rings. The number of carbonyl (C=O) groups excluding carboxylic acids is 3. The smallest absolute Gasteiger partial charge is 0.282 e. The summed E-state index contributed by atoms with van der Waals surface area (Å²) in [6, 6.07) is 11.8. The highest BCUT2D eigenvalue weighted by Gasteiger charge is 2.40. The Labute approximate surface area is 192 Å². The fourth-order valence-corrected chi connectivity index (χ4v) is 3.97. The van der Waals surface area contributed by atoms with E-state index in [1.54, 1.807) is 0 Å². The van der Waals surface area contributed by atoms with Crippen LogP contribution in [0.15, 0.2) is 42.5 Å². The lowest BCUT2D eigenvalue weighted by atomic mass is 10.1. The monoisotopic (exact) mass is 452 g/mol. The van der Waals surface area contributed by atoms with Crippen molar-refractivity contribution >= 4 is 34.8 Å². The molecule has 0 spiro atoms. The maximum Gasteiger partial charge on any atom is 0.282 e. The number of nitro benzene ring substituents is 1. The van der Waals surface area contributed by atoms with Crippen LogP contribution in [-0.2, 0) is 4.79 Å². The van der Waals surface area contributed by atoms with Crippen LogP contribution in [0, 0.1) is 10.1 Å². The molecule has 0 unspecified atom stereocenters. The van der Waals surface area contributed by atoms with E-state index < -0.39 is 16.7 Å². The van der Waals surface area contributed by atoms with Gasteiger partial charge in [-0.1, -0.05) is 12.5 Å². The molecule has 0 aliphatic carbocycles. The molecule has 3 amide bonds. The predicted octanol–water partition coefficient (Wildman–Crippen LogP) is 4.24. The zero-order valence-corrected chi connectivity index (χ0v) is 18.9. The number of hydrogen-bond acceptors (Lipinski definition) is 6. The van der Waals surface area contributed by atoms with Gasteiger partial charge < -0.3 is 10.2 Å². The van der Waals surface area contributed by atoms with Crippen LogP contribution in [0.25, 0.3) is 0 Å². The first kappa shape index (κ1) is 23.9. The molecule has 0 aromatic heterocycles. The van der Waals surface area contributed by atoms with E-state index in [1.165, 1.54) is 18.2 Å². The molecule has 0 bridgehead atoms. The molecule has 0 radical (unpaired) electrons. The van der Waals surface area contributed by atoms with Crippen molar-refractivity contribution in [1.82, 2.24) is 4.90 Å². The first-order valence-corrected chi connectivity index (χ1v) is 11.2. The largest absolute Gasteiger partial charge is 0.372 e. The van der Waals surface area contributed by atoms with E-state index in [0.29, 0.717) is 25.7 Å². The Bertz CT molecular complexity index is 1050. The molecule has 9 nitrogen and oxygen atoms in total. The molecular formula is C24H28N4O5. The molecule has 0 saturated heterocycles. The topological polar surface area (TPSA) is 113 Å². The van der Waals surface area contributed by atoms with Gasteiger partial charge in [0.1, 0.15) is 5.56 Å². The van der Waals surface area contributed by atoms with E-state index >= 15 is 0 Å². The van der Waals surface area contributed by atoms with Crippen LogP contribution < -0.4 is 10.2 Å². The summed E-state index contributed by atoms with van der Waals surface area (Å²) in [6.07, 6.45) is 2.09. The van der Waals surface area contributed by atoms with E-state index in [0.717, 1.165) is 29.4 Å². The van der Waals surface area contributed by atoms with Crippen LogP contribution in [0.4, 0.5) is 17.1 Å². The normalized spacial score (nSPS) is 12.6. The lowest BCUT2D eigenvalue weighted by Gasteiger charge is -2.21. The van der Waals surface area contributed by atoms with Crippen LogP contribution in [0.1, 0.15) is 60.2 Å². The number of anilines is 2. The number of nitro groups is 1. The van der Waals surface area contributed by atoms with Crippen molar-refractivity contribution in [2.75, 3.05) is 29.9 Å². The van der Waals surface area contributed by atoms with Crippen molar-refractivity contribution in [3.05, 3.63) is 63.7 Å². The number of fused-ring (bicyclic) bond motifs is 1. The third-order valence-electron chi connectivity index (χ3n) is 5.74. The predicted molar refractivity (Wildman–Crippen MR) is 126 cm³/mol. The Morgan fingerprint density at radius 1 is 1.00 bits per heavy atom. The lowest BCUT2D eigenvalue weighted by molar-refractivity contribution is -0.385. The lowest BCUT2D eigenvalue weighted by Crippen LogP contribution is -2.30. The minimum Gasteiger partial charge on any atom is -0.372 e. The van der Waals surface area contributed by atoms with Crippen molar-refractivity contribution in [2.45, 2.75) is 39.5 Å². The van der Waals surface area contributed by atoms with Gasteiger partial charge in [0, 0.05) is 43.5 Å². The van der Waals surface area contributed by atoms with Gasteiger partial charge in [0.05, 0.1) is 10.5 Å². The van der Waals surface area contributed by atoms with Gasteiger partial charge in [-0.05, 0) is 57.0 Å². The number of imide groups is 1. The van der Waals surface area contributed by atoms with Crippen LogP contribution >= 0.6 is 0 Å². The number of benzene rings is 2. The Morgan fingerprint density at radius 3 is 2.33 bits per heavy atom. The highest BCUT2D eigenvalue weighted by molar-refractivity contribution is 6.23.